The molecule has 1 amide bonds. The van der Waals surface area contributed by atoms with Crippen molar-refractivity contribution >= 4 is 33.5 Å². The minimum Gasteiger partial charge on any atom is -0.482 e. The van der Waals surface area contributed by atoms with E-state index < -0.39 is 5.97 Å². The molecule has 4 aliphatic carbocycles. The Morgan fingerprint density at radius 1 is 1.22 bits per heavy atom. The quantitative estimate of drug-likeness (QED) is 0.555. The maximum atomic E-state index is 13.3. The lowest BCUT2D eigenvalue weighted by atomic mass is 9.49. The standard InChI is InChI=1S/C21H26BrNO4/c1-13-5-16(27-11-18(24)26-2)3-4-17(13)23-19(25)20-7-14-6-15(8-20)10-21(22,9-14)12-20/h3-5,14-15H,6-12H2,1-2H3,(H,23,25). The fraction of sp³-hybridized carbons (Fsp3) is 0.619. The van der Waals surface area contributed by atoms with Gasteiger partial charge < -0.3 is 14.8 Å². The molecule has 0 spiro atoms. The average Bonchev–Trinajstić information content (AvgIpc) is 2.59. The first kappa shape index (κ1) is 18.8. The van der Waals surface area contributed by atoms with Crippen LogP contribution in [0.4, 0.5) is 5.69 Å². The van der Waals surface area contributed by atoms with Crippen LogP contribution in [0.1, 0.15) is 44.1 Å². The first-order chi connectivity index (χ1) is 12.8. The first-order valence-corrected chi connectivity index (χ1v) is 10.4. The van der Waals surface area contributed by atoms with Gasteiger partial charge in [-0.3, -0.25) is 4.79 Å². The second kappa shape index (κ2) is 6.80. The number of hydrogen-bond donors (Lipinski definition) is 1. The van der Waals surface area contributed by atoms with E-state index in [0.29, 0.717) is 17.6 Å². The number of rotatable bonds is 5. The zero-order chi connectivity index (χ0) is 19.2. The van der Waals surface area contributed by atoms with E-state index in [1.165, 1.54) is 26.4 Å². The van der Waals surface area contributed by atoms with E-state index >= 15 is 0 Å². The van der Waals surface area contributed by atoms with Crippen LogP contribution in [0.15, 0.2) is 18.2 Å². The van der Waals surface area contributed by atoms with Crippen LogP contribution in [0.5, 0.6) is 5.75 Å². The number of ether oxygens (including phenoxy) is 2. The average molecular weight is 436 g/mol. The van der Waals surface area contributed by atoms with Crippen molar-refractivity contribution in [3.8, 4) is 5.75 Å². The molecule has 1 N–H and O–H groups in total. The molecule has 0 aromatic heterocycles. The molecule has 5 nitrogen and oxygen atoms in total. The number of amides is 1. The minimum absolute atomic E-state index is 0.124. The van der Waals surface area contributed by atoms with Crippen LogP contribution in [0, 0.1) is 24.2 Å². The number of benzene rings is 1. The molecule has 4 bridgehead atoms. The zero-order valence-electron chi connectivity index (χ0n) is 15.8. The molecule has 4 fully saturated rings. The smallest absolute Gasteiger partial charge is 0.343 e. The lowest BCUT2D eigenvalue weighted by Crippen LogP contribution is -2.57. The van der Waals surface area contributed by atoms with Gasteiger partial charge in [0.2, 0.25) is 5.91 Å². The first-order valence-electron chi connectivity index (χ1n) is 9.61. The minimum atomic E-state index is -0.421. The third-order valence-corrected chi connectivity index (χ3v) is 7.43. The van der Waals surface area contributed by atoms with Gasteiger partial charge in [-0.25, -0.2) is 4.79 Å². The van der Waals surface area contributed by atoms with Gasteiger partial charge >= 0.3 is 5.97 Å². The summed E-state index contributed by atoms with van der Waals surface area (Å²) in [6.45, 7) is 1.81. The van der Waals surface area contributed by atoms with Crippen molar-refractivity contribution < 1.29 is 19.1 Å². The number of alkyl halides is 1. The van der Waals surface area contributed by atoms with Crippen LogP contribution in [-0.4, -0.2) is 29.9 Å². The number of carbonyl (C=O) groups is 2. The molecule has 5 rings (SSSR count). The van der Waals surface area contributed by atoms with E-state index in [1.54, 1.807) is 6.07 Å². The van der Waals surface area contributed by atoms with Crippen LogP contribution < -0.4 is 10.1 Å². The molecular formula is C21H26BrNO4. The molecule has 0 aliphatic heterocycles. The van der Waals surface area contributed by atoms with Gasteiger partial charge in [-0.05, 0) is 81.0 Å². The van der Waals surface area contributed by atoms with Crippen LogP contribution in [0.25, 0.3) is 0 Å². The number of anilines is 1. The lowest BCUT2D eigenvalue weighted by molar-refractivity contribution is -0.143. The highest BCUT2D eigenvalue weighted by Gasteiger charge is 2.59. The monoisotopic (exact) mass is 435 g/mol. The van der Waals surface area contributed by atoms with E-state index in [1.807, 2.05) is 19.1 Å². The van der Waals surface area contributed by atoms with E-state index in [4.69, 9.17) is 4.74 Å². The summed E-state index contributed by atoms with van der Waals surface area (Å²) in [5.74, 6) is 1.67. The molecule has 1 aromatic rings. The number of nitrogens with one attached hydrogen (secondary N) is 1. The zero-order valence-corrected chi connectivity index (χ0v) is 17.4. The summed E-state index contributed by atoms with van der Waals surface area (Å²) in [5, 5.41) is 3.18. The maximum Gasteiger partial charge on any atom is 0.343 e. The summed E-state index contributed by atoms with van der Waals surface area (Å²) in [5.41, 5.74) is 1.49. The largest absolute Gasteiger partial charge is 0.482 e. The van der Waals surface area contributed by atoms with Crippen molar-refractivity contribution in [2.75, 3.05) is 19.0 Å². The van der Waals surface area contributed by atoms with Gasteiger partial charge in [0.05, 0.1) is 12.5 Å². The predicted molar refractivity (Wildman–Crippen MR) is 106 cm³/mol. The van der Waals surface area contributed by atoms with Crippen LogP contribution in [-0.2, 0) is 14.3 Å². The van der Waals surface area contributed by atoms with Gasteiger partial charge in [0.15, 0.2) is 6.61 Å². The Labute approximate surface area is 168 Å². The number of aryl methyl sites for hydroxylation is 1. The molecule has 4 saturated carbocycles. The second-order valence-electron chi connectivity index (χ2n) is 8.69. The Kier molecular flexibility index (Phi) is 4.73. The van der Waals surface area contributed by atoms with Gasteiger partial charge in [-0.15, -0.1) is 0 Å². The van der Waals surface area contributed by atoms with Gasteiger partial charge in [-0.1, -0.05) is 15.9 Å². The number of methoxy groups -OCH3 is 1. The van der Waals surface area contributed by atoms with Crippen molar-refractivity contribution in [3.63, 3.8) is 0 Å². The van der Waals surface area contributed by atoms with Crippen LogP contribution >= 0.6 is 15.9 Å². The van der Waals surface area contributed by atoms with Crippen LogP contribution in [0.2, 0.25) is 0 Å². The van der Waals surface area contributed by atoms with Gasteiger partial charge in [0, 0.05) is 10.0 Å². The summed E-state index contributed by atoms with van der Waals surface area (Å²) in [7, 11) is 1.33. The third kappa shape index (κ3) is 3.60. The molecule has 2 atom stereocenters. The molecule has 6 heteroatoms. The molecule has 0 heterocycles. The van der Waals surface area contributed by atoms with Crippen LogP contribution in [0.3, 0.4) is 0 Å². The Morgan fingerprint density at radius 2 is 1.93 bits per heavy atom. The fourth-order valence-corrected chi connectivity index (χ4v) is 7.19. The summed E-state index contributed by atoms with van der Waals surface area (Å²) in [4.78, 5) is 24.5. The van der Waals surface area contributed by atoms with Crippen molar-refractivity contribution in [1.82, 2.24) is 0 Å². The molecule has 4 aliphatic rings. The maximum absolute atomic E-state index is 13.3. The number of hydrogen-bond acceptors (Lipinski definition) is 4. The van der Waals surface area contributed by atoms with Crippen molar-refractivity contribution in [3.05, 3.63) is 23.8 Å². The molecule has 0 radical (unpaired) electrons. The Balaban J connectivity index is 1.46. The SMILES string of the molecule is COC(=O)COc1ccc(NC(=O)C23CC4CC(CC(Br)(C4)C2)C3)c(C)c1. The number of esters is 1. The highest BCUT2D eigenvalue weighted by molar-refractivity contribution is 9.10. The van der Waals surface area contributed by atoms with E-state index in [2.05, 4.69) is 26.0 Å². The van der Waals surface area contributed by atoms with Crippen molar-refractivity contribution in [2.45, 2.75) is 49.8 Å². The lowest BCUT2D eigenvalue weighted by Gasteiger charge is -2.59. The summed E-state index contributed by atoms with van der Waals surface area (Å²) in [6, 6.07) is 5.46. The fourth-order valence-electron chi connectivity index (χ4n) is 5.74. The van der Waals surface area contributed by atoms with E-state index in [0.717, 1.165) is 30.5 Å². The van der Waals surface area contributed by atoms with E-state index in [-0.39, 0.29) is 22.3 Å². The second-order valence-corrected chi connectivity index (χ2v) is 10.4. The Morgan fingerprint density at radius 3 is 2.52 bits per heavy atom. The molecule has 27 heavy (non-hydrogen) atoms. The summed E-state index contributed by atoms with van der Waals surface area (Å²) >= 11 is 3.97. The highest BCUT2D eigenvalue weighted by Crippen LogP contribution is 2.64. The summed E-state index contributed by atoms with van der Waals surface area (Å²) < 4.78 is 10.2. The Hall–Kier alpha value is -1.56. The van der Waals surface area contributed by atoms with Crippen molar-refractivity contribution in [1.29, 1.82) is 0 Å². The van der Waals surface area contributed by atoms with Gasteiger partial charge in [0.25, 0.3) is 0 Å². The van der Waals surface area contributed by atoms with E-state index in [9.17, 15) is 9.59 Å². The van der Waals surface area contributed by atoms with Crippen molar-refractivity contribution in [2.24, 2.45) is 17.3 Å². The topological polar surface area (TPSA) is 64.6 Å². The summed E-state index contributed by atoms with van der Waals surface area (Å²) in [6.07, 6.45) is 6.68. The van der Waals surface area contributed by atoms with Gasteiger partial charge in [0.1, 0.15) is 5.75 Å². The normalized spacial score (nSPS) is 33.6. The molecule has 1 aromatic carbocycles. The number of halogens is 1. The molecule has 146 valence electrons. The Bertz CT molecular complexity index is 763. The molecule has 2 unspecified atom stereocenters. The molecule has 0 saturated heterocycles. The number of carbonyl (C=O) groups excluding carboxylic acids is 2. The highest BCUT2D eigenvalue weighted by atomic mass is 79.9. The molecular weight excluding hydrogens is 410 g/mol. The third-order valence-electron chi connectivity index (χ3n) is 6.50. The van der Waals surface area contributed by atoms with Gasteiger partial charge in [-0.2, -0.15) is 0 Å². The predicted octanol–water partition coefficient (Wildman–Crippen LogP) is 4.22.